The lowest BCUT2D eigenvalue weighted by Crippen LogP contribution is -2.48. The third-order valence-corrected chi connectivity index (χ3v) is 5.00. The predicted molar refractivity (Wildman–Crippen MR) is 102 cm³/mol. The summed E-state index contributed by atoms with van der Waals surface area (Å²) in [5, 5.41) is 12.9. The van der Waals surface area contributed by atoms with Crippen LogP contribution >= 0.6 is 23.2 Å². The number of halogens is 2. The first-order valence-corrected chi connectivity index (χ1v) is 8.79. The van der Waals surface area contributed by atoms with Gasteiger partial charge in [0.25, 0.3) is 0 Å². The van der Waals surface area contributed by atoms with Gasteiger partial charge in [-0.15, -0.1) is 0 Å². The van der Waals surface area contributed by atoms with Gasteiger partial charge in [0, 0.05) is 31.9 Å². The number of amides is 1. The van der Waals surface area contributed by atoms with Crippen LogP contribution in [0.2, 0.25) is 10.0 Å². The zero-order chi connectivity index (χ0) is 17.8. The van der Waals surface area contributed by atoms with Crippen LogP contribution < -0.4 is 10.2 Å². The Labute approximate surface area is 156 Å². The second-order valence-corrected chi connectivity index (χ2v) is 6.71. The summed E-state index contributed by atoms with van der Waals surface area (Å²) in [5.41, 5.74) is 1.61. The lowest BCUT2D eigenvalue weighted by molar-refractivity contribution is -0.117. The molecule has 5 nitrogen and oxygen atoms in total. The number of phenolic OH excluding ortho intramolecular Hbond substituents is 1. The monoisotopic (exact) mass is 379 g/mol. The van der Waals surface area contributed by atoms with Crippen LogP contribution in [0.1, 0.15) is 0 Å². The molecule has 132 valence electrons. The topological polar surface area (TPSA) is 55.8 Å². The molecule has 0 radical (unpaired) electrons. The summed E-state index contributed by atoms with van der Waals surface area (Å²) in [6.07, 6.45) is 0. The van der Waals surface area contributed by atoms with Crippen LogP contribution in [-0.4, -0.2) is 48.6 Å². The highest BCUT2D eigenvalue weighted by molar-refractivity contribution is 6.44. The molecule has 1 aliphatic heterocycles. The molecule has 0 bridgehead atoms. The second-order valence-electron chi connectivity index (χ2n) is 5.93. The fourth-order valence-electron chi connectivity index (χ4n) is 2.82. The molecule has 0 aliphatic carbocycles. The molecule has 2 N–H and O–H groups in total. The summed E-state index contributed by atoms with van der Waals surface area (Å²) < 4.78 is 0. The molecule has 0 spiro atoms. The maximum absolute atomic E-state index is 12.2. The van der Waals surface area contributed by atoms with Crippen LogP contribution in [0.15, 0.2) is 42.5 Å². The minimum atomic E-state index is -0.109. The summed E-state index contributed by atoms with van der Waals surface area (Å²) in [5.74, 6) is 0.154. The summed E-state index contributed by atoms with van der Waals surface area (Å²) in [4.78, 5) is 16.6. The van der Waals surface area contributed by atoms with Crippen LogP contribution in [0.5, 0.6) is 5.75 Å². The average Bonchev–Trinajstić information content (AvgIpc) is 2.60. The van der Waals surface area contributed by atoms with Gasteiger partial charge in [-0.05, 0) is 36.4 Å². The van der Waals surface area contributed by atoms with Gasteiger partial charge in [0.15, 0.2) is 0 Å². The van der Waals surface area contributed by atoms with Crippen LogP contribution in [0.3, 0.4) is 0 Å². The van der Waals surface area contributed by atoms with E-state index < -0.39 is 0 Å². The number of piperazine rings is 1. The Kier molecular flexibility index (Phi) is 5.68. The molecular weight excluding hydrogens is 361 g/mol. The zero-order valence-electron chi connectivity index (χ0n) is 13.6. The molecule has 0 atom stereocenters. The van der Waals surface area contributed by atoms with Gasteiger partial charge in [0.05, 0.1) is 22.3 Å². The first-order valence-electron chi connectivity index (χ1n) is 8.03. The summed E-state index contributed by atoms with van der Waals surface area (Å²) in [6, 6.07) is 12.3. The van der Waals surface area contributed by atoms with Crippen molar-refractivity contribution >= 4 is 40.5 Å². The smallest absolute Gasteiger partial charge is 0.238 e. The number of anilines is 2. The molecule has 25 heavy (non-hydrogen) atoms. The van der Waals surface area contributed by atoms with E-state index in [1.165, 1.54) is 0 Å². The first kappa shape index (κ1) is 17.9. The van der Waals surface area contributed by atoms with Crippen LogP contribution in [-0.2, 0) is 4.79 Å². The Bertz CT molecular complexity index is 744. The Morgan fingerprint density at radius 2 is 1.72 bits per heavy atom. The van der Waals surface area contributed by atoms with E-state index in [1.807, 2.05) is 12.1 Å². The quantitative estimate of drug-likeness (QED) is 0.853. The number of nitrogens with one attached hydrogen (secondary N) is 1. The number of rotatable bonds is 4. The Morgan fingerprint density at radius 1 is 1.04 bits per heavy atom. The predicted octanol–water partition coefficient (Wildman–Crippen LogP) is 3.46. The van der Waals surface area contributed by atoms with Crippen molar-refractivity contribution < 1.29 is 9.90 Å². The fourth-order valence-corrected chi connectivity index (χ4v) is 3.17. The van der Waals surface area contributed by atoms with E-state index in [-0.39, 0.29) is 11.7 Å². The number of nitrogens with zero attached hydrogens (tertiary/aromatic N) is 2. The van der Waals surface area contributed by atoms with Gasteiger partial charge >= 0.3 is 0 Å². The van der Waals surface area contributed by atoms with E-state index in [2.05, 4.69) is 15.1 Å². The van der Waals surface area contributed by atoms with Crippen molar-refractivity contribution in [2.75, 3.05) is 42.9 Å². The van der Waals surface area contributed by atoms with Crippen molar-refractivity contribution in [2.24, 2.45) is 0 Å². The SMILES string of the molecule is O=C(CN1CCN(c2ccc(O)cc2)CC1)Nc1cccc(Cl)c1Cl. The van der Waals surface area contributed by atoms with Crippen molar-refractivity contribution in [1.82, 2.24) is 4.90 Å². The van der Waals surface area contributed by atoms with E-state index in [4.69, 9.17) is 23.2 Å². The molecule has 1 heterocycles. The number of carbonyl (C=O) groups is 1. The van der Waals surface area contributed by atoms with E-state index in [9.17, 15) is 9.90 Å². The molecule has 2 aromatic rings. The number of carbonyl (C=O) groups excluding carboxylic acids is 1. The first-order chi connectivity index (χ1) is 12.0. The lowest BCUT2D eigenvalue weighted by Gasteiger charge is -2.35. The summed E-state index contributed by atoms with van der Waals surface area (Å²) in [7, 11) is 0. The lowest BCUT2D eigenvalue weighted by atomic mass is 10.2. The number of phenols is 1. The van der Waals surface area contributed by atoms with Gasteiger partial charge in [-0.2, -0.15) is 0 Å². The van der Waals surface area contributed by atoms with Gasteiger partial charge < -0.3 is 15.3 Å². The van der Waals surface area contributed by atoms with E-state index in [0.29, 0.717) is 22.3 Å². The zero-order valence-corrected chi connectivity index (χ0v) is 15.1. The Balaban J connectivity index is 1.51. The highest BCUT2D eigenvalue weighted by Crippen LogP contribution is 2.29. The molecule has 0 saturated carbocycles. The third kappa shape index (κ3) is 4.57. The number of hydrogen-bond donors (Lipinski definition) is 2. The number of hydrogen-bond acceptors (Lipinski definition) is 4. The van der Waals surface area contributed by atoms with Crippen molar-refractivity contribution in [2.45, 2.75) is 0 Å². The largest absolute Gasteiger partial charge is 0.508 e. The number of benzene rings is 2. The molecule has 1 saturated heterocycles. The normalized spacial score (nSPS) is 15.2. The maximum atomic E-state index is 12.2. The maximum Gasteiger partial charge on any atom is 0.238 e. The van der Waals surface area contributed by atoms with Crippen LogP contribution in [0, 0.1) is 0 Å². The van der Waals surface area contributed by atoms with Crippen molar-refractivity contribution in [3.63, 3.8) is 0 Å². The molecule has 7 heteroatoms. The second kappa shape index (κ2) is 7.95. The van der Waals surface area contributed by atoms with Gasteiger partial charge in [0.2, 0.25) is 5.91 Å². The molecule has 3 rings (SSSR count). The Morgan fingerprint density at radius 3 is 2.40 bits per heavy atom. The summed E-state index contributed by atoms with van der Waals surface area (Å²) in [6.45, 7) is 3.55. The van der Waals surface area contributed by atoms with E-state index in [1.54, 1.807) is 30.3 Å². The average molecular weight is 380 g/mol. The molecule has 1 fully saturated rings. The van der Waals surface area contributed by atoms with Gasteiger partial charge in [0.1, 0.15) is 5.75 Å². The minimum absolute atomic E-state index is 0.109. The third-order valence-electron chi connectivity index (χ3n) is 4.18. The standard InChI is InChI=1S/C18H19Cl2N3O2/c19-15-2-1-3-16(18(15)20)21-17(25)12-22-8-10-23(11-9-22)13-4-6-14(24)7-5-13/h1-7,24H,8-12H2,(H,21,25). The molecule has 0 unspecified atom stereocenters. The van der Waals surface area contributed by atoms with Gasteiger partial charge in [-0.3, -0.25) is 9.69 Å². The van der Waals surface area contributed by atoms with Crippen LogP contribution in [0.4, 0.5) is 11.4 Å². The van der Waals surface area contributed by atoms with Gasteiger partial charge in [-0.1, -0.05) is 29.3 Å². The highest BCUT2D eigenvalue weighted by atomic mass is 35.5. The van der Waals surface area contributed by atoms with Crippen molar-refractivity contribution in [3.05, 3.63) is 52.5 Å². The molecule has 0 aromatic heterocycles. The van der Waals surface area contributed by atoms with Crippen molar-refractivity contribution in [1.29, 1.82) is 0 Å². The fraction of sp³-hybridized carbons (Fsp3) is 0.278. The summed E-state index contributed by atoms with van der Waals surface area (Å²) >= 11 is 12.1. The van der Waals surface area contributed by atoms with E-state index >= 15 is 0 Å². The molecule has 1 aliphatic rings. The highest BCUT2D eigenvalue weighted by Gasteiger charge is 2.19. The number of aromatic hydroxyl groups is 1. The molecular formula is C18H19Cl2N3O2. The van der Waals surface area contributed by atoms with Crippen molar-refractivity contribution in [3.8, 4) is 5.75 Å². The molecule has 1 amide bonds. The van der Waals surface area contributed by atoms with Gasteiger partial charge in [-0.25, -0.2) is 0 Å². The Hall–Kier alpha value is -1.95. The minimum Gasteiger partial charge on any atom is -0.508 e. The van der Waals surface area contributed by atoms with Crippen LogP contribution in [0.25, 0.3) is 0 Å². The molecule has 2 aromatic carbocycles. The van der Waals surface area contributed by atoms with E-state index in [0.717, 1.165) is 31.9 Å².